The number of hydrogen-bond acceptors (Lipinski definition) is 5. The van der Waals surface area contributed by atoms with Crippen LogP contribution in [0, 0.1) is 18.3 Å². The molecule has 2 rings (SSSR count). The topological polar surface area (TPSA) is 83.4 Å². The molecule has 0 spiro atoms. The Morgan fingerprint density at radius 1 is 1.25 bits per heavy atom. The Morgan fingerprint density at radius 2 is 2.00 bits per heavy atom. The second kappa shape index (κ2) is 10.0. The molecule has 6 nitrogen and oxygen atoms in total. The molecule has 28 heavy (non-hydrogen) atoms. The number of carbonyl (C=O) groups is 1. The van der Waals surface area contributed by atoms with Crippen molar-refractivity contribution in [3.63, 3.8) is 0 Å². The van der Waals surface area contributed by atoms with E-state index in [1.54, 1.807) is 24.3 Å². The molecule has 0 aliphatic carbocycles. The maximum absolute atomic E-state index is 12.5. The zero-order valence-electron chi connectivity index (χ0n) is 16.6. The standard InChI is InChI=1S/C22H25N3O3/c1-5-28-20-11-10-15(2)12-18(20)16(3)24-14-17(13-23)22(26)25-19-8-6-7-9-21(19)27-4/h6-12,14,16,24H,5H2,1-4H3,(H,25,26)/b17-14-. The first-order valence-corrected chi connectivity index (χ1v) is 9.04. The molecule has 0 saturated carbocycles. The van der Waals surface area contributed by atoms with Gasteiger partial charge < -0.3 is 20.1 Å². The third kappa shape index (κ3) is 5.27. The summed E-state index contributed by atoms with van der Waals surface area (Å²) in [5, 5.41) is 15.2. The van der Waals surface area contributed by atoms with Gasteiger partial charge in [0.15, 0.2) is 0 Å². The van der Waals surface area contributed by atoms with Gasteiger partial charge >= 0.3 is 0 Å². The summed E-state index contributed by atoms with van der Waals surface area (Å²) in [5.74, 6) is 0.787. The van der Waals surface area contributed by atoms with Crippen LogP contribution in [-0.4, -0.2) is 19.6 Å². The van der Waals surface area contributed by atoms with Crippen LogP contribution in [0.2, 0.25) is 0 Å². The van der Waals surface area contributed by atoms with Gasteiger partial charge in [-0.15, -0.1) is 0 Å². The van der Waals surface area contributed by atoms with Crippen LogP contribution in [0.4, 0.5) is 5.69 Å². The predicted octanol–water partition coefficient (Wildman–Crippen LogP) is 4.10. The summed E-state index contributed by atoms with van der Waals surface area (Å²) >= 11 is 0. The van der Waals surface area contributed by atoms with Crippen LogP contribution in [0.25, 0.3) is 0 Å². The van der Waals surface area contributed by atoms with Crippen molar-refractivity contribution in [2.45, 2.75) is 26.8 Å². The maximum Gasteiger partial charge on any atom is 0.267 e. The normalized spacial score (nSPS) is 11.9. The van der Waals surface area contributed by atoms with Gasteiger partial charge in [-0.05, 0) is 39.0 Å². The number of rotatable bonds is 8. The fourth-order valence-electron chi connectivity index (χ4n) is 2.68. The zero-order valence-corrected chi connectivity index (χ0v) is 16.6. The zero-order chi connectivity index (χ0) is 20.5. The van der Waals surface area contributed by atoms with E-state index in [2.05, 4.69) is 10.6 Å². The lowest BCUT2D eigenvalue weighted by molar-refractivity contribution is -0.112. The van der Waals surface area contributed by atoms with Crippen LogP contribution in [0.1, 0.15) is 31.0 Å². The highest BCUT2D eigenvalue weighted by molar-refractivity contribution is 6.07. The van der Waals surface area contributed by atoms with Crippen molar-refractivity contribution in [3.05, 3.63) is 65.4 Å². The number of nitriles is 1. The summed E-state index contributed by atoms with van der Waals surface area (Å²) in [4.78, 5) is 12.5. The van der Waals surface area contributed by atoms with Crippen LogP contribution in [0.3, 0.4) is 0 Å². The first-order chi connectivity index (χ1) is 13.5. The molecule has 0 bridgehead atoms. The van der Waals surface area contributed by atoms with E-state index in [0.29, 0.717) is 18.0 Å². The summed E-state index contributed by atoms with van der Waals surface area (Å²) in [6.45, 7) is 6.44. The van der Waals surface area contributed by atoms with E-state index in [4.69, 9.17) is 9.47 Å². The molecule has 2 aromatic rings. The number of aryl methyl sites for hydroxylation is 1. The third-order valence-corrected chi connectivity index (χ3v) is 4.13. The van der Waals surface area contributed by atoms with E-state index in [0.717, 1.165) is 16.9 Å². The molecule has 0 radical (unpaired) electrons. The highest BCUT2D eigenvalue weighted by atomic mass is 16.5. The molecule has 0 aliphatic heterocycles. The number of hydrogen-bond donors (Lipinski definition) is 2. The first-order valence-electron chi connectivity index (χ1n) is 9.04. The Bertz CT molecular complexity index is 900. The van der Waals surface area contributed by atoms with Crippen LogP contribution in [0.5, 0.6) is 11.5 Å². The summed E-state index contributed by atoms with van der Waals surface area (Å²) in [6, 6.07) is 14.7. The molecule has 6 heteroatoms. The maximum atomic E-state index is 12.5. The number of carbonyl (C=O) groups excluding carboxylic acids is 1. The van der Waals surface area contributed by atoms with E-state index in [-0.39, 0.29) is 11.6 Å². The minimum absolute atomic E-state index is 0.0385. The predicted molar refractivity (Wildman–Crippen MR) is 109 cm³/mol. The van der Waals surface area contributed by atoms with Crippen molar-refractivity contribution in [1.82, 2.24) is 5.32 Å². The van der Waals surface area contributed by atoms with E-state index in [9.17, 15) is 10.1 Å². The third-order valence-electron chi connectivity index (χ3n) is 4.13. The van der Waals surface area contributed by atoms with Crippen LogP contribution in [-0.2, 0) is 4.79 Å². The van der Waals surface area contributed by atoms with Crippen LogP contribution >= 0.6 is 0 Å². The first kappa shape index (κ1) is 20.8. The Kier molecular flexibility index (Phi) is 7.46. The van der Waals surface area contributed by atoms with Crippen LogP contribution in [0.15, 0.2) is 54.2 Å². The molecular formula is C22H25N3O3. The molecule has 2 aromatic carbocycles. The van der Waals surface area contributed by atoms with Gasteiger partial charge in [0.25, 0.3) is 5.91 Å². The number of nitrogens with zero attached hydrogens (tertiary/aromatic N) is 1. The second-order valence-electron chi connectivity index (χ2n) is 6.19. The van der Waals surface area contributed by atoms with Gasteiger partial charge in [0.1, 0.15) is 23.1 Å². The van der Waals surface area contributed by atoms with Gasteiger partial charge in [-0.3, -0.25) is 4.79 Å². The number of benzene rings is 2. The Balaban J connectivity index is 2.16. The molecular weight excluding hydrogens is 354 g/mol. The molecule has 0 aliphatic rings. The highest BCUT2D eigenvalue weighted by Crippen LogP contribution is 2.27. The van der Waals surface area contributed by atoms with Gasteiger partial charge in [0, 0.05) is 11.8 Å². The quantitative estimate of drug-likeness (QED) is 0.533. The lowest BCUT2D eigenvalue weighted by Crippen LogP contribution is -2.19. The van der Waals surface area contributed by atoms with Crippen molar-refractivity contribution in [2.24, 2.45) is 0 Å². The molecule has 0 fully saturated rings. The second-order valence-corrected chi connectivity index (χ2v) is 6.19. The van der Waals surface area contributed by atoms with Gasteiger partial charge in [-0.2, -0.15) is 5.26 Å². The summed E-state index contributed by atoms with van der Waals surface area (Å²) in [7, 11) is 1.52. The average Bonchev–Trinajstić information content (AvgIpc) is 2.70. The summed E-state index contributed by atoms with van der Waals surface area (Å²) < 4.78 is 10.9. The SMILES string of the molecule is CCOc1ccc(C)cc1C(C)N/C=C(/C#N)C(=O)Nc1ccccc1OC. The molecule has 1 amide bonds. The lowest BCUT2D eigenvalue weighted by atomic mass is 10.0. The monoisotopic (exact) mass is 379 g/mol. The van der Waals surface area contributed by atoms with Crippen molar-refractivity contribution in [3.8, 4) is 17.6 Å². The Hall–Kier alpha value is -3.46. The van der Waals surface area contributed by atoms with Gasteiger partial charge in [-0.25, -0.2) is 0 Å². The van der Waals surface area contributed by atoms with Crippen molar-refractivity contribution >= 4 is 11.6 Å². The number of ether oxygens (including phenoxy) is 2. The van der Waals surface area contributed by atoms with Gasteiger partial charge in [0.2, 0.25) is 0 Å². The number of nitrogens with one attached hydrogen (secondary N) is 2. The van der Waals surface area contributed by atoms with Crippen molar-refractivity contribution < 1.29 is 14.3 Å². The van der Waals surface area contributed by atoms with Crippen molar-refractivity contribution in [2.75, 3.05) is 19.0 Å². The Labute approximate surface area is 165 Å². The minimum atomic E-state index is -0.513. The largest absolute Gasteiger partial charge is 0.495 e. The summed E-state index contributed by atoms with van der Waals surface area (Å²) in [5.41, 5.74) is 2.52. The van der Waals surface area contributed by atoms with Gasteiger partial charge in [-0.1, -0.05) is 29.8 Å². The Morgan fingerprint density at radius 3 is 2.68 bits per heavy atom. The van der Waals surface area contributed by atoms with E-state index in [1.807, 2.05) is 45.0 Å². The lowest BCUT2D eigenvalue weighted by Gasteiger charge is -2.18. The fraction of sp³-hybridized carbons (Fsp3) is 0.273. The minimum Gasteiger partial charge on any atom is -0.495 e. The highest BCUT2D eigenvalue weighted by Gasteiger charge is 2.14. The smallest absolute Gasteiger partial charge is 0.267 e. The number of amides is 1. The van der Waals surface area contributed by atoms with Gasteiger partial charge in [0.05, 0.1) is 25.4 Å². The van der Waals surface area contributed by atoms with Crippen LogP contribution < -0.4 is 20.1 Å². The van der Waals surface area contributed by atoms with E-state index >= 15 is 0 Å². The molecule has 0 aromatic heterocycles. The molecule has 0 saturated heterocycles. The van der Waals surface area contributed by atoms with E-state index < -0.39 is 5.91 Å². The fourth-order valence-corrected chi connectivity index (χ4v) is 2.68. The molecule has 2 N–H and O–H groups in total. The molecule has 0 heterocycles. The number of methoxy groups -OCH3 is 1. The molecule has 146 valence electrons. The van der Waals surface area contributed by atoms with E-state index in [1.165, 1.54) is 13.3 Å². The summed E-state index contributed by atoms with van der Waals surface area (Å²) in [6.07, 6.45) is 1.42. The average molecular weight is 379 g/mol. The molecule has 1 atom stereocenters. The number of anilines is 1. The van der Waals surface area contributed by atoms with Crippen molar-refractivity contribution in [1.29, 1.82) is 5.26 Å². The molecule has 1 unspecified atom stereocenters. The number of para-hydroxylation sites is 2.